The first kappa shape index (κ1) is 14.6. The van der Waals surface area contributed by atoms with E-state index in [4.69, 9.17) is 5.11 Å². The minimum Gasteiger partial charge on any atom is -0.396 e. The van der Waals surface area contributed by atoms with E-state index in [-0.39, 0.29) is 18.5 Å². The average Bonchev–Trinajstić information content (AvgIpc) is 2.81. The SMILES string of the molecule is Cc1ccc([C@H]2NC(=O)NC3=C2C(=O)N(CCCO)C3)cc1. The van der Waals surface area contributed by atoms with Crippen LogP contribution in [-0.2, 0) is 4.79 Å². The third-order valence-electron chi connectivity index (χ3n) is 4.02. The standard InChI is InChI=1S/C16H19N3O3/c1-10-3-5-11(6-4-10)14-13-12(17-16(22)18-14)9-19(15(13)21)7-2-8-20/h3-6,14,20H,2,7-9H2,1H3,(H2,17,18,22)/t14-/m1/s1. The summed E-state index contributed by atoms with van der Waals surface area (Å²) in [4.78, 5) is 26.1. The van der Waals surface area contributed by atoms with Crippen molar-refractivity contribution in [2.24, 2.45) is 0 Å². The molecule has 0 radical (unpaired) electrons. The number of carbonyl (C=O) groups is 2. The van der Waals surface area contributed by atoms with E-state index in [1.54, 1.807) is 4.90 Å². The molecular formula is C16H19N3O3. The van der Waals surface area contributed by atoms with Crippen LogP contribution in [0.4, 0.5) is 4.79 Å². The highest BCUT2D eigenvalue weighted by atomic mass is 16.3. The maximum atomic E-state index is 12.6. The summed E-state index contributed by atoms with van der Waals surface area (Å²) in [7, 11) is 0. The van der Waals surface area contributed by atoms with Crippen molar-refractivity contribution in [1.29, 1.82) is 0 Å². The van der Waals surface area contributed by atoms with E-state index < -0.39 is 6.04 Å². The molecule has 116 valence electrons. The van der Waals surface area contributed by atoms with Gasteiger partial charge in [0.2, 0.25) is 0 Å². The number of urea groups is 1. The van der Waals surface area contributed by atoms with Crippen LogP contribution in [0, 0.1) is 6.92 Å². The molecule has 0 aromatic heterocycles. The summed E-state index contributed by atoms with van der Waals surface area (Å²) in [5, 5.41) is 14.5. The van der Waals surface area contributed by atoms with E-state index in [1.807, 2.05) is 31.2 Å². The van der Waals surface area contributed by atoms with Crippen molar-refractivity contribution in [1.82, 2.24) is 15.5 Å². The van der Waals surface area contributed by atoms with Crippen molar-refractivity contribution in [3.05, 3.63) is 46.7 Å². The van der Waals surface area contributed by atoms with Gasteiger partial charge in [-0.25, -0.2) is 4.79 Å². The fourth-order valence-corrected chi connectivity index (χ4v) is 2.88. The van der Waals surface area contributed by atoms with Gasteiger partial charge in [-0.3, -0.25) is 4.79 Å². The van der Waals surface area contributed by atoms with Gasteiger partial charge in [-0.15, -0.1) is 0 Å². The van der Waals surface area contributed by atoms with Crippen LogP contribution in [0.2, 0.25) is 0 Å². The summed E-state index contributed by atoms with van der Waals surface area (Å²) in [5.74, 6) is -0.0819. The number of aryl methyl sites for hydroxylation is 1. The van der Waals surface area contributed by atoms with Crippen LogP contribution in [0.25, 0.3) is 0 Å². The maximum Gasteiger partial charge on any atom is 0.319 e. The molecule has 6 heteroatoms. The van der Waals surface area contributed by atoms with Crippen molar-refractivity contribution in [3.63, 3.8) is 0 Å². The molecule has 0 bridgehead atoms. The van der Waals surface area contributed by atoms with Crippen LogP contribution >= 0.6 is 0 Å². The molecule has 6 nitrogen and oxygen atoms in total. The topological polar surface area (TPSA) is 81.7 Å². The predicted molar refractivity (Wildman–Crippen MR) is 80.9 cm³/mol. The molecule has 0 saturated carbocycles. The zero-order valence-electron chi connectivity index (χ0n) is 12.4. The Kier molecular flexibility index (Phi) is 3.85. The summed E-state index contributed by atoms with van der Waals surface area (Å²) in [6, 6.07) is 7.08. The highest BCUT2D eigenvalue weighted by molar-refractivity contribution is 6.01. The van der Waals surface area contributed by atoms with Gasteiger partial charge < -0.3 is 20.6 Å². The van der Waals surface area contributed by atoms with Gasteiger partial charge >= 0.3 is 6.03 Å². The van der Waals surface area contributed by atoms with Crippen LogP contribution in [0.5, 0.6) is 0 Å². The molecule has 0 spiro atoms. The molecule has 1 atom stereocenters. The smallest absolute Gasteiger partial charge is 0.319 e. The van der Waals surface area contributed by atoms with Gasteiger partial charge in [0.25, 0.3) is 5.91 Å². The lowest BCUT2D eigenvalue weighted by Crippen LogP contribution is -2.44. The van der Waals surface area contributed by atoms with Crippen molar-refractivity contribution in [2.45, 2.75) is 19.4 Å². The van der Waals surface area contributed by atoms with E-state index in [0.29, 0.717) is 30.8 Å². The van der Waals surface area contributed by atoms with E-state index in [9.17, 15) is 9.59 Å². The Morgan fingerprint density at radius 2 is 2.00 bits per heavy atom. The number of nitrogens with zero attached hydrogens (tertiary/aromatic N) is 1. The zero-order chi connectivity index (χ0) is 15.7. The molecule has 1 aromatic rings. The van der Waals surface area contributed by atoms with E-state index in [1.165, 1.54) is 0 Å². The number of hydrogen-bond acceptors (Lipinski definition) is 3. The average molecular weight is 301 g/mol. The molecule has 1 aromatic carbocycles. The fourth-order valence-electron chi connectivity index (χ4n) is 2.88. The molecule has 3 amide bonds. The second-order valence-corrected chi connectivity index (χ2v) is 5.64. The quantitative estimate of drug-likeness (QED) is 0.770. The Morgan fingerprint density at radius 3 is 2.68 bits per heavy atom. The molecule has 3 N–H and O–H groups in total. The normalized spacial score (nSPS) is 20.8. The van der Waals surface area contributed by atoms with Crippen LogP contribution in [-0.4, -0.2) is 41.6 Å². The highest BCUT2D eigenvalue weighted by Crippen LogP contribution is 2.32. The number of hydrogen-bond donors (Lipinski definition) is 3. The molecule has 22 heavy (non-hydrogen) atoms. The minimum atomic E-state index is -0.420. The minimum absolute atomic E-state index is 0.0421. The van der Waals surface area contributed by atoms with E-state index >= 15 is 0 Å². The molecule has 2 heterocycles. The Morgan fingerprint density at radius 1 is 1.27 bits per heavy atom. The summed E-state index contributed by atoms with van der Waals surface area (Å²) in [5.41, 5.74) is 3.28. The highest BCUT2D eigenvalue weighted by Gasteiger charge is 2.39. The summed E-state index contributed by atoms with van der Waals surface area (Å²) < 4.78 is 0. The third-order valence-corrected chi connectivity index (χ3v) is 4.02. The molecular weight excluding hydrogens is 282 g/mol. The second-order valence-electron chi connectivity index (χ2n) is 5.64. The first-order chi connectivity index (χ1) is 10.6. The van der Waals surface area contributed by atoms with Crippen LogP contribution < -0.4 is 10.6 Å². The Bertz CT molecular complexity index is 637. The van der Waals surface area contributed by atoms with E-state index in [0.717, 1.165) is 11.1 Å². The molecule has 0 saturated heterocycles. The number of aliphatic hydroxyl groups is 1. The first-order valence-corrected chi connectivity index (χ1v) is 7.37. The van der Waals surface area contributed by atoms with Gasteiger partial charge in [0, 0.05) is 13.2 Å². The number of nitrogens with one attached hydrogen (secondary N) is 2. The Balaban J connectivity index is 1.90. The summed E-state index contributed by atoms with van der Waals surface area (Å²) in [6.07, 6.45) is 0.531. The van der Waals surface area contributed by atoms with Gasteiger partial charge in [0.1, 0.15) is 0 Å². The molecule has 0 unspecified atom stereocenters. The van der Waals surface area contributed by atoms with Gasteiger partial charge in [-0.05, 0) is 18.9 Å². The maximum absolute atomic E-state index is 12.6. The number of amides is 3. The lowest BCUT2D eigenvalue weighted by atomic mass is 9.95. The Hall–Kier alpha value is -2.34. The monoisotopic (exact) mass is 301 g/mol. The van der Waals surface area contributed by atoms with Crippen LogP contribution in [0.15, 0.2) is 35.5 Å². The second kappa shape index (κ2) is 5.81. The molecule has 0 fully saturated rings. The molecule has 2 aliphatic heterocycles. The third kappa shape index (κ3) is 2.57. The number of rotatable bonds is 4. The van der Waals surface area contributed by atoms with Gasteiger partial charge in [-0.1, -0.05) is 29.8 Å². The van der Waals surface area contributed by atoms with Crippen molar-refractivity contribution >= 4 is 11.9 Å². The first-order valence-electron chi connectivity index (χ1n) is 7.37. The van der Waals surface area contributed by atoms with Gasteiger partial charge in [-0.2, -0.15) is 0 Å². The van der Waals surface area contributed by atoms with Gasteiger partial charge in [0.05, 0.1) is 23.9 Å². The fraction of sp³-hybridized carbons (Fsp3) is 0.375. The van der Waals surface area contributed by atoms with E-state index in [2.05, 4.69) is 10.6 Å². The lowest BCUT2D eigenvalue weighted by molar-refractivity contribution is -0.125. The largest absolute Gasteiger partial charge is 0.396 e. The predicted octanol–water partition coefficient (Wildman–Crippen LogP) is 0.828. The number of benzene rings is 1. The van der Waals surface area contributed by atoms with Gasteiger partial charge in [0.15, 0.2) is 0 Å². The number of aliphatic hydroxyl groups excluding tert-OH is 1. The van der Waals surface area contributed by atoms with Crippen molar-refractivity contribution in [2.75, 3.05) is 19.7 Å². The summed E-state index contributed by atoms with van der Waals surface area (Å²) in [6.45, 7) is 2.91. The van der Waals surface area contributed by atoms with Crippen molar-refractivity contribution < 1.29 is 14.7 Å². The number of carbonyl (C=O) groups excluding carboxylic acids is 2. The zero-order valence-corrected chi connectivity index (χ0v) is 12.4. The Labute approximate surface area is 128 Å². The summed E-state index contributed by atoms with van der Waals surface area (Å²) >= 11 is 0. The molecule has 2 aliphatic rings. The van der Waals surface area contributed by atoms with Crippen LogP contribution in [0.1, 0.15) is 23.6 Å². The lowest BCUT2D eigenvalue weighted by Gasteiger charge is -2.25. The molecule has 3 rings (SSSR count). The van der Waals surface area contributed by atoms with Crippen LogP contribution in [0.3, 0.4) is 0 Å². The van der Waals surface area contributed by atoms with Crippen molar-refractivity contribution in [3.8, 4) is 0 Å². The molecule has 0 aliphatic carbocycles.